The summed E-state index contributed by atoms with van der Waals surface area (Å²) in [5, 5.41) is 0. The molecule has 1 heterocycles. The number of benzene rings is 1. The maximum Gasteiger partial charge on any atom is 0.152 e. The van der Waals surface area contributed by atoms with Crippen LogP contribution in [0.4, 0.5) is 0 Å². The monoisotopic (exact) mass is 211 g/mol. The van der Waals surface area contributed by atoms with Crippen LogP contribution in [0.2, 0.25) is 0 Å². The molecule has 16 heavy (non-hydrogen) atoms. The molecule has 0 N–H and O–H groups in total. The number of hydrogen-bond donors (Lipinski definition) is 0. The second-order valence-corrected chi connectivity index (χ2v) is 3.88. The van der Waals surface area contributed by atoms with Gasteiger partial charge in [-0.2, -0.15) is 0 Å². The fourth-order valence-corrected chi connectivity index (χ4v) is 1.82. The van der Waals surface area contributed by atoms with E-state index in [4.69, 9.17) is 0 Å². The Bertz CT molecular complexity index is 532. The van der Waals surface area contributed by atoms with Crippen LogP contribution in [0.1, 0.15) is 21.5 Å². The van der Waals surface area contributed by atoms with Crippen molar-refractivity contribution >= 4 is 6.29 Å². The van der Waals surface area contributed by atoms with E-state index in [9.17, 15) is 4.79 Å². The van der Waals surface area contributed by atoms with E-state index < -0.39 is 0 Å². The van der Waals surface area contributed by atoms with E-state index in [1.54, 1.807) is 18.3 Å². The largest absolute Gasteiger partial charge is 0.298 e. The Morgan fingerprint density at radius 3 is 2.69 bits per heavy atom. The second-order valence-electron chi connectivity index (χ2n) is 3.88. The molecule has 0 atom stereocenters. The van der Waals surface area contributed by atoms with Crippen molar-refractivity contribution in [1.29, 1.82) is 0 Å². The number of nitrogens with zero attached hydrogens (tertiary/aromatic N) is 1. The van der Waals surface area contributed by atoms with Gasteiger partial charge in [0.2, 0.25) is 0 Å². The van der Waals surface area contributed by atoms with Crippen molar-refractivity contribution < 1.29 is 4.79 Å². The van der Waals surface area contributed by atoms with Gasteiger partial charge in [-0.15, -0.1) is 0 Å². The summed E-state index contributed by atoms with van der Waals surface area (Å²) in [6.45, 7) is 4.08. The molecule has 0 bridgehead atoms. The number of aldehydes is 1. The molecule has 0 saturated carbocycles. The molecular formula is C14H13NO. The van der Waals surface area contributed by atoms with E-state index in [0.29, 0.717) is 5.56 Å². The molecule has 2 aromatic rings. The smallest absolute Gasteiger partial charge is 0.152 e. The highest BCUT2D eigenvalue weighted by molar-refractivity contribution is 5.86. The summed E-state index contributed by atoms with van der Waals surface area (Å²) in [5.41, 5.74) is 4.77. The van der Waals surface area contributed by atoms with Crippen LogP contribution in [-0.4, -0.2) is 11.3 Å². The van der Waals surface area contributed by atoms with Gasteiger partial charge in [0.25, 0.3) is 0 Å². The third-order valence-electron chi connectivity index (χ3n) is 2.60. The quantitative estimate of drug-likeness (QED) is 0.714. The summed E-state index contributed by atoms with van der Waals surface area (Å²) in [6.07, 6.45) is 2.56. The molecule has 0 fully saturated rings. The van der Waals surface area contributed by atoms with Crippen molar-refractivity contribution in [3.63, 3.8) is 0 Å². The molecule has 1 aromatic heterocycles. The van der Waals surface area contributed by atoms with Crippen LogP contribution in [0.15, 0.2) is 36.5 Å². The fraction of sp³-hybridized carbons (Fsp3) is 0.143. The molecule has 2 nitrogen and oxygen atoms in total. The fourth-order valence-electron chi connectivity index (χ4n) is 1.82. The van der Waals surface area contributed by atoms with Crippen LogP contribution >= 0.6 is 0 Å². The van der Waals surface area contributed by atoms with Crippen molar-refractivity contribution in [2.75, 3.05) is 0 Å². The Labute approximate surface area is 95.0 Å². The van der Waals surface area contributed by atoms with Crippen molar-refractivity contribution in [2.45, 2.75) is 13.8 Å². The normalized spacial score (nSPS) is 10.1. The lowest BCUT2D eigenvalue weighted by molar-refractivity contribution is 0.112. The number of aryl methyl sites for hydroxylation is 2. The highest BCUT2D eigenvalue weighted by atomic mass is 16.1. The van der Waals surface area contributed by atoms with Gasteiger partial charge in [0.1, 0.15) is 0 Å². The van der Waals surface area contributed by atoms with Crippen LogP contribution in [0, 0.1) is 13.8 Å². The molecule has 2 rings (SSSR count). The Morgan fingerprint density at radius 2 is 2.00 bits per heavy atom. The minimum atomic E-state index is 0.634. The van der Waals surface area contributed by atoms with Gasteiger partial charge in [0, 0.05) is 17.3 Å². The molecule has 0 aliphatic carbocycles. The maximum atomic E-state index is 10.9. The topological polar surface area (TPSA) is 30.0 Å². The number of aromatic nitrogens is 1. The highest BCUT2D eigenvalue weighted by Crippen LogP contribution is 2.24. The Hall–Kier alpha value is -1.96. The van der Waals surface area contributed by atoms with Gasteiger partial charge < -0.3 is 0 Å². The van der Waals surface area contributed by atoms with Crippen molar-refractivity contribution in [2.24, 2.45) is 0 Å². The lowest BCUT2D eigenvalue weighted by Crippen LogP contribution is -1.93. The van der Waals surface area contributed by atoms with Crippen molar-refractivity contribution in [3.05, 3.63) is 53.2 Å². The van der Waals surface area contributed by atoms with Crippen molar-refractivity contribution in [3.8, 4) is 11.3 Å². The molecule has 0 aliphatic heterocycles. The lowest BCUT2D eigenvalue weighted by atomic mass is 10.00. The van der Waals surface area contributed by atoms with E-state index in [1.165, 1.54) is 5.56 Å². The Morgan fingerprint density at radius 1 is 1.19 bits per heavy atom. The van der Waals surface area contributed by atoms with E-state index >= 15 is 0 Å². The number of carbonyl (C=O) groups is 1. The van der Waals surface area contributed by atoms with Crippen LogP contribution in [0.5, 0.6) is 0 Å². The summed E-state index contributed by atoms with van der Waals surface area (Å²) in [4.78, 5) is 15.2. The zero-order valence-corrected chi connectivity index (χ0v) is 9.40. The summed E-state index contributed by atoms with van der Waals surface area (Å²) in [7, 11) is 0. The van der Waals surface area contributed by atoms with Gasteiger partial charge >= 0.3 is 0 Å². The third kappa shape index (κ3) is 1.87. The summed E-state index contributed by atoms with van der Waals surface area (Å²) in [5.74, 6) is 0. The van der Waals surface area contributed by atoms with Gasteiger partial charge in [-0.25, -0.2) is 0 Å². The molecule has 2 heteroatoms. The van der Waals surface area contributed by atoms with Crippen LogP contribution in [0.3, 0.4) is 0 Å². The maximum absolute atomic E-state index is 10.9. The number of carbonyl (C=O) groups excluding carboxylic acids is 1. The van der Waals surface area contributed by atoms with Gasteiger partial charge in [-0.05, 0) is 31.5 Å². The van der Waals surface area contributed by atoms with Crippen molar-refractivity contribution in [1.82, 2.24) is 4.98 Å². The zero-order valence-electron chi connectivity index (χ0n) is 9.40. The van der Waals surface area contributed by atoms with E-state index in [-0.39, 0.29) is 0 Å². The molecule has 0 aliphatic rings. The van der Waals surface area contributed by atoms with Crippen LogP contribution in [0.25, 0.3) is 11.3 Å². The van der Waals surface area contributed by atoms with E-state index in [1.807, 2.05) is 19.1 Å². The molecule has 0 unspecified atom stereocenters. The zero-order chi connectivity index (χ0) is 11.5. The summed E-state index contributed by atoms with van der Waals surface area (Å²) in [6, 6.07) is 9.70. The molecule has 80 valence electrons. The minimum absolute atomic E-state index is 0.634. The molecule has 0 radical (unpaired) electrons. The highest BCUT2D eigenvalue weighted by Gasteiger charge is 2.07. The lowest BCUT2D eigenvalue weighted by Gasteiger charge is -2.07. The number of pyridine rings is 1. The SMILES string of the molecule is Cc1ccc(-c2ncccc2C=O)c(C)c1. The molecular weight excluding hydrogens is 198 g/mol. The number of rotatable bonds is 2. The standard InChI is InChI=1S/C14H13NO/c1-10-5-6-13(11(2)8-10)14-12(9-16)4-3-7-15-14/h3-9H,1-2H3. The molecule has 0 saturated heterocycles. The van der Waals surface area contributed by atoms with Crippen LogP contribution < -0.4 is 0 Å². The molecule has 0 amide bonds. The minimum Gasteiger partial charge on any atom is -0.298 e. The predicted molar refractivity (Wildman–Crippen MR) is 64.5 cm³/mol. The van der Waals surface area contributed by atoms with Gasteiger partial charge in [-0.3, -0.25) is 9.78 Å². The Kier molecular flexibility index (Phi) is 2.82. The first-order valence-electron chi connectivity index (χ1n) is 5.20. The van der Waals surface area contributed by atoms with E-state index in [2.05, 4.69) is 18.0 Å². The predicted octanol–water partition coefficient (Wildman–Crippen LogP) is 3.18. The van der Waals surface area contributed by atoms with Crippen LogP contribution in [-0.2, 0) is 0 Å². The molecule has 0 spiro atoms. The Balaban J connectivity index is 2.62. The molecule has 1 aromatic carbocycles. The summed E-state index contributed by atoms with van der Waals surface area (Å²) >= 11 is 0. The third-order valence-corrected chi connectivity index (χ3v) is 2.60. The van der Waals surface area contributed by atoms with Gasteiger partial charge in [0.05, 0.1) is 5.69 Å². The summed E-state index contributed by atoms with van der Waals surface area (Å²) < 4.78 is 0. The first kappa shape index (κ1) is 10.6. The van der Waals surface area contributed by atoms with Gasteiger partial charge in [-0.1, -0.05) is 23.8 Å². The average molecular weight is 211 g/mol. The average Bonchev–Trinajstić information content (AvgIpc) is 2.29. The van der Waals surface area contributed by atoms with E-state index in [0.717, 1.165) is 23.1 Å². The number of hydrogen-bond acceptors (Lipinski definition) is 2. The first-order valence-corrected chi connectivity index (χ1v) is 5.20. The van der Waals surface area contributed by atoms with Gasteiger partial charge in [0.15, 0.2) is 6.29 Å². The second kappa shape index (κ2) is 4.27. The first-order chi connectivity index (χ1) is 7.72.